The zero-order valence-electron chi connectivity index (χ0n) is 35.9. The van der Waals surface area contributed by atoms with Crippen LogP contribution in [0.3, 0.4) is 0 Å². The Bertz CT molecular complexity index is 3800. The van der Waals surface area contributed by atoms with E-state index in [-0.39, 0.29) is 5.92 Å². The van der Waals surface area contributed by atoms with Crippen LogP contribution in [-0.2, 0) is 6.42 Å². The van der Waals surface area contributed by atoms with Gasteiger partial charge in [-0.05, 0) is 70.6 Å². The van der Waals surface area contributed by atoms with Crippen molar-refractivity contribution in [1.82, 2.24) is 19.5 Å². The smallest absolute Gasteiger partial charge is 0.166 e. The third-order valence-corrected chi connectivity index (χ3v) is 13.3. The second-order valence-electron chi connectivity index (χ2n) is 17.1. The van der Waals surface area contributed by atoms with Crippen molar-refractivity contribution >= 4 is 49.4 Å². The summed E-state index contributed by atoms with van der Waals surface area (Å²) in [5.74, 6) is 2.03. The number of furan rings is 1. The summed E-state index contributed by atoms with van der Waals surface area (Å²) in [7, 11) is 0. The van der Waals surface area contributed by atoms with Gasteiger partial charge in [0.2, 0.25) is 0 Å². The van der Waals surface area contributed by atoms with E-state index in [0.29, 0.717) is 17.5 Å². The van der Waals surface area contributed by atoms with Crippen LogP contribution in [0.5, 0.6) is 0 Å². The lowest BCUT2D eigenvalue weighted by Crippen LogP contribution is -2.19. The van der Waals surface area contributed by atoms with Crippen LogP contribution in [0, 0.1) is 0 Å². The van der Waals surface area contributed by atoms with Gasteiger partial charge in [-0.3, -0.25) is 0 Å². The highest BCUT2D eigenvalue weighted by Gasteiger charge is 2.26. The molecule has 13 rings (SSSR count). The molecular weight excluding hydrogens is 807 g/mol. The molecule has 4 heterocycles. The van der Waals surface area contributed by atoms with E-state index in [4.69, 9.17) is 19.4 Å². The Hall–Kier alpha value is -8.61. The fourth-order valence-electron chi connectivity index (χ4n) is 10.2. The minimum absolute atomic E-state index is 0.283. The van der Waals surface area contributed by atoms with Crippen molar-refractivity contribution in [2.45, 2.75) is 12.3 Å². The van der Waals surface area contributed by atoms with Gasteiger partial charge in [0.15, 0.2) is 17.5 Å². The summed E-state index contributed by atoms with van der Waals surface area (Å²) in [5.41, 5.74) is 16.0. The number of nitrogens with zero attached hydrogens (tertiary/aromatic N) is 4. The Morgan fingerprint density at radius 3 is 1.94 bits per heavy atom. The fraction of sp³-hybridized carbons (Fsp3) is 0.0500. The van der Waals surface area contributed by atoms with Gasteiger partial charge in [0.05, 0.1) is 22.4 Å². The van der Waals surface area contributed by atoms with Gasteiger partial charge in [-0.1, -0.05) is 176 Å². The van der Waals surface area contributed by atoms with Crippen molar-refractivity contribution in [3.8, 4) is 62.1 Å². The lowest BCUT2D eigenvalue weighted by molar-refractivity contribution is 0.669. The predicted molar refractivity (Wildman–Crippen MR) is 270 cm³/mol. The Morgan fingerprint density at radius 1 is 0.455 bits per heavy atom. The van der Waals surface area contributed by atoms with E-state index in [0.717, 1.165) is 85.1 Å². The highest BCUT2D eigenvalue weighted by Crippen LogP contribution is 2.46. The summed E-state index contributed by atoms with van der Waals surface area (Å²) in [6.07, 6.45) is 0.944. The molecule has 0 saturated heterocycles. The molecule has 3 aromatic heterocycles. The lowest BCUT2D eigenvalue weighted by atomic mass is 9.85. The van der Waals surface area contributed by atoms with Crippen LogP contribution in [0.1, 0.15) is 17.0 Å². The largest absolute Gasteiger partial charge is 0.456 e. The van der Waals surface area contributed by atoms with Crippen molar-refractivity contribution in [3.05, 3.63) is 223 Å². The van der Waals surface area contributed by atoms with E-state index in [1.54, 1.807) is 0 Å². The molecule has 0 saturated carbocycles. The third-order valence-electron chi connectivity index (χ3n) is 13.3. The Morgan fingerprint density at radius 2 is 1.11 bits per heavy atom. The van der Waals surface area contributed by atoms with E-state index in [9.17, 15) is 0 Å². The molecule has 0 bridgehead atoms. The predicted octanol–water partition coefficient (Wildman–Crippen LogP) is 15.0. The monoisotopic (exact) mass is 847 g/mol. The maximum absolute atomic E-state index is 6.59. The Balaban J connectivity index is 1.02. The number of fused-ring (bicyclic) bond motifs is 10. The minimum atomic E-state index is 0.283. The SMILES string of the molecule is c1ccc(-c2nc(-c3ccc4c(c3)oc3cccc(-c5ccccc5)c34)nc(-c3ccccc3-n3c4ccccc4c4ccc5c(c43)NCC(c3ccccc3)Cc3ccccc3-5)n2)cc1. The first-order valence-corrected chi connectivity index (χ1v) is 22.6. The van der Waals surface area contributed by atoms with Gasteiger partial charge in [-0.25, -0.2) is 15.0 Å². The molecule has 1 atom stereocenters. The van der Waals surface area contributed by atoms with Gasteiger partial charge in [0, 0.05) is 56.3 Å². The Kier molecular flexibility index (Phi) is 8.94. The molecule has 1 unspecified atom stereocenters. The third kappa shape index (κ3) is 6.29. The molecule has 0 aliphatic carbocycles. The second kappa shape index (κ2) is 15.6. The summed E-state index contributed by atoms with van der Waals surface area (Å²) in [6, 6.07) is 74.9. The lowest BCUT2D eigenvalue weighted by Gasteiger charge is -2.27. The minimum Gasteiger partial charge on any atom is -0.456 e. The highest BCUT2D eigenvalue weighted by atomic mass is 16.3. The summed E-state index contributed by atoms with van der Waals surface area (Å²) in [4.78, 5) is 15.8. The molecule has 9 aromatic carbocycles. The second-order valence-corrected chi connectivity index (χ2v) is 17.1. The summed E-state index contributed by atoms with van der Waals surface area (Å²) in [6.45, 7) is 0.786. The van der Waals surface area contributed by atoms with E-state index < -0.39 is 0 Å². The molecular formula is C60H41N5O. The number of anilines is 1. The first kappa shape index (κ1) is 37.9. The normalized spacial score (nSPS) is 13.6. The number of rotatable bonds is 6. The number of hydrogen-bond donors (Lipinski definition) is 1. The van der Waals surface area contributed by atoms with Crippen molar-refractivity contribution in [1.29, 1.82) is 0 Å². The molecule has 0 radical (unpaired) electrons. The van der Waals surface area contributed by atoms with Gasteiger partial charge in [-0.2, -0.15) is 0 Å². The summed E-state index contributed by atoms with van der Waals surface area (Å²) < 4.78 is 9.01. The molecule has 312 valence electrons. The van der Waals surface area contributed by atoms with Crippen LogP contribution in [0.2, 0.25) is 0 Å². The van der Waals surface area contributed by atoms with E-state index in [2.05, 4.69) is 192 Å². The van der Waals surface area contributed by atoms with Crippen LogP contribution < -0.4 is 5.32 Å². The molecule has 1 aliphatic heterocycles. The summed E-state index contributed by atoms with van der Waals surface area (Å²) in [5, 5.41) is 8.55. The van der Waals surface area contributed by atoms with Crippen molar-refractivity contribution in [2.24, 2.45) is 0 Å². The van der Waals surface area contributed by atoms with Gasteiger partial charge in [-0.15, -0.1) is 0 Å². The molecule has 0 fully saturated rings. The zero-order chi connectivity index (χ0) is 43.6. The average Bonchev–Trinajstić information content (AvgIpc) is 3.93. The highest BCUT2D eigenvalue weighted by molar-refractivity contribution is 6.16. The van der Waals surface area contributed by atoms with Crippen molar-refractivity contribution < 1.29 is 4.42 Å². The van der Waals surface area contributed by atoms with Crippen LogP contribution in [-0.4, -0.2) is 26.1 Å². The van der Waals surface area contributed by atoms with E-state index in [1.807, 2.05) is 30.3 Å². The maximum atomic E-state index is 6.59. The molecule has 0 spiro atoms. The molecule has 1 N–H and O–H groups in total. The molecule has 66 heavy (non-hydrogen) atoms. The number of aromatic nitrogens is 4. The molecule has 1 aliphatic rings. The van der Waals surface area contributed by atoms with Crippen molar-refractivity contribution in [3.63, 3.8) is 0 Å². The van der Waals surface area contributed by atoms with Gasteiger partial charge in [0.25, 0.3) is 0 Å². The zero-order valence-corrected chi connectivity index (χ0v) is 35.9. The van der Waals surface area contributed by atoms with Crippen LogP contribution >= 0.6 is 0 Å². The average molecular weight is 848 g/mol. The quantitative estimate of drug-likeness (QED) is 0.181. The van der Waals surface area contributed by atoms with Crippen LogP contribution in [0.15, 0.2) is 217 Å². The number of nitrogens with one attached hydrogen (secondary N) is 1. The van der Waals surface area contributed by atoms with Gasteiger partial charge in [0.1, 0.15) is 11.2 Å². The van der Waals surface area contributed by atoms with Crippen LogP contribution in [0.25, 0.3) is 106 Å². The van der Waals surface area contributed by atoms with E-state index in [1.165, 1.54) is 33.0 Å². The molecule has 6 heteroatoms. The standard InChI is InChI=1S/C60H41N5O/c1-4-17-38(18-5-1)43-35-41-23-10-11-24-44(41)47-33-34-48-46-25-12-14-28-51(46)65(57(48)56(47)61-37-43)52-29-15-13-26-49(52)60-63-58(40-21-8-3-9-22-40)62-59(64-60)42-31-32-50-54(36-42)66-53-30-16-27-45(55(50)53)39-19-6-2-7-20-39/h1-34,36,43,61H,35,37H2. The molecule has 6 nitrogen and oxygen atoms in total. The summed E-state index contributed by atoms with van der Waals surface area (Å²) >= 11 is 0. The Labute approximate surface area is 381 Å². The molecule has 12 aromatic rings. The fourth-order valence-corrected chi connectivity index (χ4v) is 10.2. The van der Waals surface area contributed by atoms with Crippen molar-refractivity contribution in [2.75, 3.05) is 11.9 Å². The first-order chi connectivity index (χ1) is 32.7. The number of hydrogen-bond acceptors (Lipinski definition) is 5. The van der Waals surface area contributed by atoms with Gasteiger partial charge < -0.3 is 14.3 Å². The van der Waals surface area contributed by atoms with Crippen LogP contribution in [0.4, 0.5) is 5.69 Å². The maximum Gasteiger partial charge on any atom is 0.166 e. The van der Waals surface area contributed by atoms with Gasteiger partial charge >= 0.3 is 0 Å². The topological polar surface area (TPSA) is 68.8 Å². The number of para-hydroxylation sites is 2. The number of benzene rings is 9. The molecule has 0 amide bonds. The van der Waals surface area contributed by atoms with E-state index >= 15 is 0 Å². The first-order valence-electron chi connectivity index (χ1n) is 22.6.